The summed E-state index contributed by atoms with van der Waals surface area (Å²) in [5.74, 6) is -0.161. The van der Waals surface area contributed by atoms with E-state index in [4.69, 9.17) is 0 Å². The van der Waals surface area contributed by atoms with Crippen molar-refractivity contribution in [1.82, 2.24) is 4.90 Å². The van der Waals surface area contributed by atoms with Gasteiger partial charge in [0.25, 0.3) is 0 Å². The summed E-state index contributed by atoms with van der Waals surface area (Å²) in [6.07, 6.45) is 0.540. The molecule has 1 aliphatic heterocycles. The number of benzene rings is 1. The molecule has 1 unspecified atom stereocenters. The van der Waals surface area contributed by atoms with E-state index in [9.17, 15) is 9.50 Å². The Hall–Kier alpha value is -0.930. The molecule has 1 heterocycles. The maximum Gasteiger partial charge on any atom is 0.127 e. The molecule has 1 aromatic carbocycles. The zero-order valence-electron chi connectivity index (χ0n) is 8.86. The van der Waals surface area contributed by atoms with E-state index in [2.05, 4.69) is 4.90 Å². The number of halogens is 1. The molecule has 2 atom stereocenters. The molecule has 0 saturated carbocycles. The summed E-state index contributed by atoms with van der Waals surface area (Å²) in [5, 5.41) is 9.43. The first-order chi connectivity index (χ1) is 7.18. The average molecular weight is 209 g/mol. The van der Waals surface area contributed by atoms with Crippen molar-refractivity contribution in [2.24, 2.45) is 0 Å². The van der Waals surface area contributed by atoms with E-state index in [1.165, 1.54) is 6.07 Å². The second-order valence-electron chi connectivity index (χ2n) is 4.13. The Bertz CT molecular complexity index is 342. The van der Waals surface area contributed by atoms with Crippen molar-refractivity contribution in [3.05, 3.63) is 35.6 Å². The molecule has 0 aliphatic carbocycles. The van der Waals surface area contributed by atoms with Crippen LogP contribution in [0.15, 0.2) is 24.3 Å². The number of likely N-dealkylation sites (tertiary alicyclic amines) is 1. The van der Waals surface area contributed by atoms with Crippen molar-refractivity contribution in [2.45, 2.75) is 25.5 Å². The van der Waals surface area contributed by atoms with Crippen LogP contribution in [0.4, 0.5) is 4.39 Å². The molecule has 15 heavy (non-hydrogen) atoms. The van der Waals surface area contributed by atoms with Crippen LogP contribution in [-0.4, -0.2) is 29.2 Å². The van der Waals surface area contributed by atoms with Crippen molar-refractivity contribution in [3.63, 3.8) is 0 Å². The lowest BCUT2D eigenvalue weighted by molar-refractivity contribution is 0.162. The highest BCUT2D eigenvalue weighted by molar-refractivity contribution is 5.20. The van der Waals surface area contributed by atoms with Crippen LogP contribution in [0.2, 0.25) is 0 Å². The fraction of sp³-hybridized carbons (Fsp3) is 0.500. The quantitative estimate of drug-likeness (QED) is 0.804. The van der Waals surface area contributed by atoms with Gasteiger partial charge in [0.15, 0.2) is 0 Å². The smallest absolute Gasteiger partial charge is 0.127 e. The van der Waals surface area contributed by atoms with Gasteiger partial charge >= 0.3 is 0 Å². The predicted octanol–water partition coefficient (Wildman–Crippen LogP) is 1.95. The molecule has 0 amide bonds. The fourth-order valence-corrected chi connectivity index (χ4v) is 2.13. The first-order valence-corrected chi connectivity index (χ1v) is 5.35. The molecule has 82 valence electrons. The summed E-state index contributed by atoms with van der Waals surface area (Å²) in [4.78, 5) is 2.11. The standard InChI is InChI=1S/C12H16FNO/c1-9(14-7-6-10(15)8-14)11-4-2-3-5-12(11)13/h2-5,9-10,15H,6-8H2,1H3/t9?,10-/m0/s1. The summed E-state index contributed by atoms with van der Waals surface area (Å²) in [6.45, 7) is 3.47. The van der Waals surface area contributed by atoms with E-state index in [1.54, 1.807) is 6.07 Å². The monoisotopic (exact) mass is 209 g/mol. The first-order valence-electron chi connectivity index (χ1n) is 5.35. The minimum Gasteiger partial charge on any atom is -0.392 e. The number of β-amino-alcohol motifs (C(OH)–C–C–N with tert-alkyl or cyclic N) is 1. The summed E-state index contributed by atoms with van der Waals surface area (Å²) in [7, 11) is 0. The van der Waals surface area contributed by atoms with Crippen molar-refractivity contribution < 1.29 is 9.50 Å². The van der Waals surface area contributed by atoms with Gasteiger partial charge in [0.05, 0.1) is 6.10 Å². The van der Waals surface area contributed by atoms with E-state index in [0.29, 0.717) is 12.1 Å². The Balaban J connectivity index is 2.14. The van der Waals surface area contributed by atoms with Crippen molar-refractivity contribution >= 4 is 0 Å². The van der Waals surface area contributed by atoms with E-state index < -0.39 is 0 Å². The number of aliphatic hydroxyl groups excluding tert-OH is 1. The largest absolute Gasteiger partial charge is 0.392 e. The molecular formula is C12H16FNO. The number of aliphatic hydroxyl groups is 1. The third-order valence-electron chi connectivity index (χ3n) is 3.10. The van der Waals surface area contributed by atoms with Crippen molar-refractivity contribution in [3.8, 4) is 0 Å². The highest BCUT2D eigenvalue weighted by atomic mass is 19.1. The molecule has 1 N–H and O–H groups in total. The molecule has 1 aliphatic rings. The maximum absolute atomic E-state index is 13.5. The highest BCUT2D eigenvalue weighted by Crippen LogP contribution is 2.26. The summed E-state index contributed by atoms with van der Waals surface area (Å²) >= 11 is 0. The molecule has 0 bridgehead atoms. The van der Waals surface area contributed by atoms with Crippen LogP contribution in [0, 0.1) is 5.82 Å². The maximum atomic E-state index is 13.5. The summed E-state index contributed by atoms with van der Waals surface area (Å²) in [6, 6.07) is 6.89. The van der Waals surface area contributed by atoms with Crippen LogP contribution in [0.5, 0.6) is 0 Å². The van der Waals surface area contributed by atoms with E-state index >= 15 is 0 Å². The topological polar surface area (TPSA) is 23.5 Å². The average Bonchev–Trinajstić information content (AvgIpc) is 2.65. The van der Waals surface area contributed by atoms with Gasteiger partial charge in [0.2, 0.25) is 0 Å². The van der Waals surface area contributed by atoms with Gasteiger partial charge < -0.3 is 5.11 Å². The molecule has 3 heteroatoms. The van der Waals surface area contributed by atoms with Crippen LogP contribution < -0.4 is 0 Å². The van der Waals surface area contributed by atoms with Gasteiger partial charge in [-0.1, -0.05) is 18.2 Å². The molecule has 1 fully saturated rings. The number of rotatable bonds is 2. The van der Waals surface area contributed by atoms with Crippen LogP contribution in [0.3, 0.4) is 0 Å². The Morgan fingerprint density at radius 2 is 2.20 bits per heavy atom. The van der Waals surface area contributed by atoms with E-state index in [1.807, 2.05) is 19.1 Å². The van der Waals surface area contributed by atoms with Crippen molar-refractivity contribution in [1.29, 1.82) is 0 Å². The summed E-state index contributed by atoms with van der Waals surface area (Å²) < 4.78 is 13.5. The fourth-order valence-electron chi connectivity index (χ4n) is 2.13. The molecule has 2 nitrogen and oxygen atoms in total. The highest BCUT2D eigenvalue weighted by Gasteiger charge is 2.26. The lowest BCUT2D eigenvalue weighted by Gasteiger charge is -2.24. The van der Waals surface area contributed by atoms with Crippen LogP contribution in [0.25, 0.3) is 0 Å². The molecule has 0 radical (unpaired) electrons. The number of hydrogen-bond donors (Lipinski definition) is 1. The van der Waals surface area contributed by atoms with Crippen LogP contribution in [0.1, 0.15) is 24.9 Å². The van der Waals surface area contributed by atoms with Gasteiger partial charge in [0.1, 0.15) is 5.82 Å². The van der Waals surface area contributed by atoms with Gasteiger partial charge in [-0.2, -0.15) is 0 Å². The minimum atomic E-state index is -0.251. The van der Waals surface area contributed by atoms with Gasteiger partial charge in [-0.25, -0.2) is 4.39 Å². The normalized spacial score (nSPS) is 24.3. The molecular weight excluding hydrogens is 193 g/mol. The van der Waals surface area contributed by atoms with E-state index in [0.717, 1.165) is 13.0 Å². The number of hydrogen-bond acceptors (Lipinski definition) is 2. The lowest BCUT2D eigenvalue weighted by atomic mass is 10.1. The first kappa shape index (κ1) is 10.6. The van der Waals surface area contributed by atoms with E-state index in [-0.39, 0.29) is 18.0 Å². The lowest BCUT2D eigenvalue weighted by Crippen LogP contribution is -2.26. The SMILES string of the molecule is CC(c1ccccc1F)N1CC[C@H](O)C1. The zero-order chi connectivity index (χ0) is 10.8. The Kier molecular flexibility index (Phi) is 3.03. The zero-order valence-corrected chi connectivity index (χ0v) is 8.86. The summed E-state index contributed by atoms with van der Waals surface area (Å²) in [5.41, 5.74) is 0.714. The van der Waals surface area contributed by atoms with Gasteiger partial charge in [-0.3, -0.25) is 4.90 Å². The third-order valence-corrected chi connectivity index (χ3v) is 3.10. The Labute approximate surface area is 89.3 Å². The van der Waals surface area contributed by atoms with Crippen molar-refractivity contribution in [2.75, 3.05) is 13.1 Å². The Morgan fingerprint density at radius 3 is 2.80 bits per heavy atom. The predicted molar refractivity (Wildman–Crippen MR) is 57.0 cm³/mol. The molecule has 0 aromatic heterocycles. The minimum absolute atomic E-state index is 0.0448. The van der Waals surface area contributed by atoms with Gasteiger partial charge in [0, 0.05) is 24.7 Å². The van der Waals surface area contributed by atoms with Gasteiger partial charge in [-0.05, 0) is 19.4 Å². The second-order valence-corrected chi connectivity index (χ2v) is 4.13. The Morgan fingerprint density at radius 1 is 1.47 bits per heavy atom. The molecule has 1 aromatic rings. The van der Waals surface area contributed by atoms with Gasteiger partial charge in [-0.15, -0.1) is 0 Å². The molecule has 2 rings (SSSR count). The van der Waals surface area contributed by atoms with Crippen LogP contribution in [-0.2, 0) is 0 Å². The third kappa shape index (κ3) is 2.19. The molecule has 0 spiro atoms. The molecule has 1 saturated heterocycles. The number of nitrogens with zero attached hydrogens (tertiary/aromatic N) is 1. The second kappa shape index (κ2) is 4.29. The van der Waals surface area contributed by atoms with Crippen LogP contribution >= 0.6 is 0 Å².